The Labute approximate surface area is 173 Å². The van der Waals surface area contributed by atoms with Gasteiger partial charge in [0.2, 0.25) is 0 Å². The van der Waals surface area contributed by atoms with E-state index in [4.69, 9.17) is 4.74 Å². The number of hydrogen-bond donors (Lipinski definition) is 0. The maximum absolute atomic E-state index is 12.6. The number of esters is 1. The number of benzene rings is 2. The number of aliphatic carboxylic acids is 1. The summed E-state index contributed by atoms with van der Waals surface area (Å²) >= 11 is 0. The first kappa shape index (κ1) is 20.2. The van der Waals surface area contributed by atoms with Crippen molar-refractivity contribution in [2.24, 2.45) is 0 Å². The maximum Gasteiger partial charge on any atom is 1.00 e. The number of nitrogens with zero attached hydrogens (tertiary/aromatic N) is 1. The summed E-state index contributed by atoms with van der Waals surface area (Å²) in [5.41, 5.74) is 0.754. The number of likely N-dealkylation sites (tertiary alicyclic amines) is 1. The Hall–Kier alpha value is -2.15. The Morgan fingerprint density at radius 1 is 0.923 bits per heavy atom. The van der Waals surface area contributed by atoms with Crippen LogP contribution in [0.15, 0.2) is 60.7 Å². The van der Waals surface area contributed by atoms with Crippen molar-refractivity contribution in [3.8, 4) is 0 Å². The first-order valence-electron chi connectivity index (χ1n) is 7.89. The predicted molar refractivity (Wildman–Crippen MR) is 86.5 cm³/mol. The van der Waals surface area contributed by atoms with E-state index in [9.17, 15) is 19.5 Å². The Bertz CT molecular complexity index is 781. The van der Waals surface area contributed by atoms with Crippen LogP contribution in [-0.4, -0.2) is 41.4 Å². The smallest absolute Gasteiger partial charge is 0.548 e. The number of hydrogen-bond acceptors (Lipinski definition) is 5. The van der Waals surface area contributed by atoms with E-state index in [0.717, 1.165) is 0 Å². The van der Waals surface area contributed by atoms with Gasteiger partial charge in [-0.2, -0.15) is 0 Å². The van der Waals surface area contributed by atoms with Gasteiger partial charge in [0.05, 0.1) is 24.1 Å². The molecule has 0 aromatic heterocycles. The number of rotatable bonds is 4. The molecule has 2 aromatic carbocycles. The van der Waals surface area contributed by atoms with Crippen molar-refractivity contribution in [3.63, 3.8) is 0 Å². The minimum absolute atomic E-state index is 0. The molecule has 1 saturated heterocycles. The molecule has 0 bridgehead atoms. The standard InChI is InChI=1S/C19H17NO5.Na/c21-17(13-7-3-1-4-8-13)20-12-15(11-16(20)18(22)23)25-19(24)14-9-5-2-6-10-14;/h1-10,15-16H,11-12H2,(H,22,23);/q;+1/p-1/t15-,16-;/m0./s1. The molecule has 1 aliphatic rings. The van der Waals surface area contributed by atoms with Crippen molar-refractivity contribution in [2.75, 3.05) is 6.54 Å². The van der Waals surface area contributed by atoms with E-state index in [1.807, 2.05) is 0 Å². The fourth-order valence-corrected chi connectivity index (χ4v) is 2.87. The van der Waals surface area contributed by atoms with Gasteiger partial charge >= 0.3 is 35.5 Å². The normalized spacial score (nSPS) is 18.7. The quantitative estimate of drug-likeness (QED) is 0.459. The Balaban J connectivity index is 0.00000243. The summed E-state index contributed by atoms with van der Waals surface area (Å²) in [6, 6.07) is 15.7. The molecule has 0 N–H and O–H groups in total. The molecule has 0 spiro atoms. The first-order valence-corrected chi connectivity index (χ1v) is 7.89. The predicted octanol–water partition coefficient (Wildman–Crippen LogP) is -2.12. The van der Waals surface area contributed by atoms with Crippen molar-refractivity contribution in [2.45, 2.75) is 18.6 Å². The van der Waals surface area contributed by atoms with Crippen molar-refractivity contribution >= 4 is 17.8 Å². The van der Waals surface area contributed by atoms with Crippen LogP contribution in [0.2, 0.25) is 0 Å². The molecular formula is C19H16NNaO5. The van der Waals surface area contributed by atoms with Crippen LogP contribution in [-0.2, 0) is 9.53 Å². The van der Waals surface area contributed by atoms with Crippen molar-refractivity contribution < 1.29 is 53.8 Å². The molecule has 3 rings (SSSR count). The van der Waals surface area contributed by atoms with Crippen LogP contribution in [0.5, 0.6) is 0 Å². The fourth-order valence-electron chi connectivity index (χ4n) is 2.87. The first-order chi connectivity index (χ1) is 12.1. The number of carbonyl (C=O) groups is 3. The third-order valence-electron chi connectivity index (χ3n) is 4.10. The van der Waals surface area contributed by atoms with Gasteiger partial charge in [-0.25, -0.2) is 4.79 Å². The van der Waals surface area contributed by atoms with Crippen LogP contribution in [0.4, 0.5) is 0 Å². The Kier molecular flexibility index (Phi) is 6.97. The Morgan fingerprint density at radius 2 is 1.46 bits per heavy atom. The molecule has 1 fully saturated rings. The second-order valence-corrected chi connectivity index (χ2v) is 5.79. The summed E-state index contributed by atoms with van der Waals surface area (Å²) in [6.45, 7) is 0.0188. The summed E-state index contributed by atoms with van der Waals surface area (Å²) in [4.78, 5) is 37.3. The van der Waals surface area contributed by atoms with Gasteiger partial charge in [-0.1, -0.05) is 36.4 Å². The zero-order chi connectivity index (χ0) is 17.8. The summed E-state index contributed by atoms with van der Waals surface area (Å²) in [5, 5.41) is 11.4. The molecule has 2 atom stereocenters. The second-order valence-electron chi connectivity index (χ2n) is 5.79. The number of carboxylic acid groups (broad SMARTS) is 1. The molecule has 2 aromatic rings. The zero-order valence-corrected chi connectivity index (χ0v) is 16.3. The summed E-state index contributed by atoms with van der Waals surface area (Å²) in [6.07, 6.45) is -0.678. The van der Waals surface area contributed by atoms with Crippen molar-refractivity contribution in [3.05, 3.63) is 71.8 Å². The van der Waals surface area contributed by atoms with E-state index < -0.39 is 30.0 Å². The fraction of sp³-hybridized carbons (Fsp3) is 0.211. The molecule has 128 valence electrons. The van der Waals surface area contributed by atoms with Crippen LogP contribution in [0, 0.1) is 0 Å². The van der Waals surface area contributed by atoms with Gasteiger partial charge in [0, 0.05) is 12.0 Å². The molecule has 0 unspecified atom stereocenters. The topological polar surface area (TPSA) is 86.7 Å². The number of carbonyl (C=O) groups excluding carboxylic acids is 3. The molecule has 6 nitrogen and oxygen atoms in total. The number of carboxylic acids is 1. The minimum atomic E-state index is -1.36. The monoisotopic (exact) mass is 361 g/mol. The molecule has 26 heavy (non-hydrogen) atoms. The van der Waals surface area contributed by atoms with Crippen LogP contribution >= 0.6 is 0 Å². The van der Waals surface area contributed by atoms with Crippen LogP contribution in [0.25, 0.3) is 0 Å². The van der Waals surface area contributed by atoms with E-state index >= 15 is 0 Å². The second kappa shape index (κ2) is 8.98. The van der Waals surface area contributed by atoms with E-state index in [-0.39, 0.29) is 42.5 Å². The molecule has 1 heterocycles. The molecule has 7 heteroatoms. The number of amides is 1. The van der Waals surface area contributed by atoms with Gasteiger partial charge in [-0.05, 0) is 24.3 Å². The van der Waals surface area contributed by atoms with Gasteiger partial charge in [-0.3, -0.25) is 4.79 Å². The molecule has 0 saturated carbocycles. The largest absolute Gasteiger partial charge is 1.00 e. The van der Waals surface area contributed by atoms with Gasteiger partial charge < -0.3 is 19.5 Å². The average Bonchev–Trinajstić information content (AvgIpc) is 3.06. The van der Waals surface area contributed by atoms with Crippen LogP contribution in [0.1, 0.15) is 27.1 Å². The van der Waals surface area contributed by atoms with Crippen molar-refractivity contribution in [1.29, 1.82) is 0 Å². The van der Waals surface area contributed by atoms with Gasteiger partial charge in [0.15, 0.2) is 0 Å². The molecular weight excluding hydrogens is 345 g/mol. The van der Waals surface area contributed by atoms with E-state index in [1.54, 1.807) is 60.7 Å². The molecule has 0 radical (unpaired) electrons. The molecule has 0 aliphatic carbocycles. The summed E-state index contributed by atoms with van der Waals surface area (Å²) < 4.78 is 5.37. The van der Waals surface area contributed by atoms with Gasteiger partial charge in [0.1, 0.15) is 6.10 Å². The summed E-state index contributed by atoms with van der Waals surface area (Å²) in [5.74, 6) is -2.33. The van der Waals surface area contributed by atoms with E-state index in [1.165, 1.54) is 4.90 Å². The van der Waals surface area contributed by atoms with Gasteiger partial charge in [-0.15, -0.1) is 0 Å². The van der Waals surface area contributed by atoms with Crippen molar-refractivity contribution in [1.82, 2.24) is 4.90 Å². The average molecular weight is 361 g/mol. The minimum Gasteiger partial charge on any atom is -0.548 e. The van der Waals surface area contributed by atoms with Crippen LogP contribution < -0.4 is 34.7 Å². The summed E-state index contributed by atoms with van der Waals surface area (Å²) in [7, 11) is 0. The molecule has 1 amide bonds. The van der Waals surface area contributed by atoms with E-state index in [2.05, 4.69) is 0 Å². The Morgan fingerprint density at radius 3 is 2.00 bits per heavy atom. The van der Waals surface area contributed by atoms with Crippen LogP contribution in [0.3, 0.4) is 0 Å². The number of ether oxygens (including phenoxy) is 1. The third-order valence-corrected chi connectivity index (χ3v) is 4.10. The molecule has 1 aliphatic heterocycles. The van der Waals surface area contributed by atoms with E-state index in [0.29, 0.717) is 11.1 Å². The third kappa shape index (κ3) is 4.52. The SMILES string of the molecule is O=C(O[C@H]1C[C@@H](C(=O)[O-])N(C(=O)c2ccccc2)C1)c1ccccc1.[Na+]. The maximum atomic E-state index is 12.6. The van der Waals surface area contributed by atoms with Gasteiger partial charge in [0.25, 0.3) is 5.91 Å². The zero-order valence-electron chi connectivity index (χ0n) is 14.3.